The van der Waals surface area contributed by atoms with Gasteiger partial charge < -0.3 is 0 Å². The molecule has 0 nitrogen and oxygen atoms in total. The lowest BCUT2D eigenvalue weighted by molar-refractivity contribution is 0.709. The minimum atomic E-state index is -0.150. The van der Waals surface area contributed by atoms with Crippen LogP contribution in [0, 0.1) is 0 Å². The van der Waals surface area contributed by atoms with E-state index in [1.165, 1.54) is 6.08 Å². The Morgan fingerprint density at radius 2 is 2.20 bits per heavy atom. The van der Waals surface area contributed by atoms with E-state index in [2.05, 4.69) is 0 Å². The standard InChI is InChI=1S/C3H4FI/c1-2-3(4)5/h2H,1H3. The van der Waals surface area contributed by atoms with Gasteiger partial charge in [0.1, 0.15) is 0 Å². The van der Waals surface area contributed by atoms with E-state index in [0.717, 1.165) is 0 Å². The second-order valence-electron chi connectivity index (χ2n) is 0.578. The van der Waals surface area contributed by atoms with E-state index in [9.17, 15) is 4.39 Å². The van der Waals surface area contributed by atoms with Crippen molar-refractivity contribution in [2.24, 2.45) is 0 Å². The third-order valence-electron chi connectivity index (χ3n) is 0.218. The largest absolute Gasteiger partial charge is 0.200 e. The molecule has 0 saturated heterocycles. The minimum absolute atomic E-state index is 0.150. The smallest absolute Gasteiger partial charge is 0.156 e. The number of hydrogen-bond acceptors (Lipinski definition) is 0. The second kappa shape index (κ2) is 2.63. The molecule has 0 N–H and O–H groups in total. The summed E-state index contributed by atoms with van der Waals surface area (Å²) in [5, 5.41) is 0. The summed E-state index contributed by atoms with van der Waals surface area (Å²) in [6, 6.07) is 0. The van der Waals surface area contributed by atoms with E-state index < -0.39 is 0 Å². The molecule has 5 heavy (non-hydrogen) atoms. The molecule has 0 unspecified atom stereocenters. The molecule has 0 fully saturated rings. The molecule has 0 atom stereocenters. The number of rotatable bonds is 0. The van der Waals surface area contributed by atoms with Crippen molar-refractivity contribution in [3.8, 4) is 0 Å². The van der Waals surface area contributed by atoms with Gasteiger partial charge in [-0.15, -0.1) is 0 Å². The molecule has 0 radical (unpaired) electrons. The Morgan fingerprint density at radius 3 is 2.20 bits per heavy atom. The minimum Gasteiger partial charge on any atom is -0.200 e. The maximum Gasteiger partial charge on any atom is 0.156 e. The number of hydrogen-bond donors (Lipinski definition) is 0. The van der Waals surface area contributed by atoms with Crippen LogP contribution >= 0.6 is 22.6 Å². The first-order valence-electron chi connectivity index (χ1n) is 1.24. The van der Waals surface area contributed by atoms with Gasteiger partial charge in [0.2, 0.25) is 0 Å². The van der Waals surface area contributed by atoms with E-state index in [1.807, 2.05) is 0 Å². The predicted octanol–water partition coefficient (Wildman–Crippen LogP) is 2.25. The third kappa shape index (κ3) is 4.40. The monoisotopic (exact) mass is 186 g/mol. The molecular formula is C3H4FI. The van der Waals surface area contributed by atoms with Gasteiger partial charge in [-0.3, -0.25) is 0 Å². The molecule has 0 saturated carbocycles. The summed E-state index contributed by atoms with van der Waals surface area (Å²) in [6.07, 6.45) is 1.40. The average Bonchev–Trinajstić information content (AvgIpc) is 1.38. The first-order chi connectivity index (χ1) is 2.27. The molecule has 0 spiro atoms. The molecule has 2 heteroatoms. The van der Waals surface area contributed by atoms with E-state index >= 15 is 0 Å². The van der Waals surface area contributed by atoms with E-state index in [4.69, 9.17) is 0 Å². The summed E-state index contributed by atoms with van der Waals surface area (Å²) < 4.78 is 11.1. The summed E-state index contributed by atoms with van der Waals surface area (Å²) >= 11 is 1.60. The zero-order valence-electron chi connectivity index (χ0n) is 2.83. The number of allylic oxidation sites excluding steroid dienone is 1. The maximum absolute atomic E-state index is 11.3. The Morgan fingerprint density at radius 1 is 2.00 bits per heavy atom. The van der Waals surface area contributed by atoms with Crippen molar-refractivity contribution < 1.29 is 4.39 Å². The van der Waals surface area contributed by atoms with Crippen molar-refractivity contribution in [3.63, 3.8) is 0 Å². The Hall–Kier alpha value is 0.400. The van der Waals surface area contributed by atoms with Gasteiger partial charge >= 0.3 is 0 Å². The highest BCUT2D eigenvalue weighted by molar-refractivity contribution is 14.1. The van der Waals surface area contributed by atoms with Crippen LogP contribution < -0.4 is 0 Å². The highest BCUT2D eigenvalue weighted by Crippen LogP contribution is 2.03. The van der Waals surface area contributed by atoms with Gasteiger partial charge in [-0.1, -0.05) is 0 Å². The van der Waals surface area contributed by atoms with Crippen LogP contribution in [0.1, 0.15) is 6.92 Å². The molecule has 0 aliphatic heterocycles. The fourth-order valence-corrected chi connectivity index (χ4v) is 0. The van der Waals surface area contributed by atoms with Crippen LogP contribution in [0.4, 0.5) is 4.39 Å². The lowest BCUT2D eigenvalue weighted by atomic mass is 10.8. The third-order valence-corrected chi connectivity index (χ3v) is 0.841. The van der Waals surface area contributed by atoms with Crippen molar-refractivity contribution in [1.29, 1.82) is 0 Å². The molecule has 0 heterocycles. The Kier molecular flexibility index (Phi) is 2.84. The second-order valence-corrected chi connectivity index (χ2v) is 1.61. The summed E-state index contributed by atoms with van der Waals surface area (Å²) in [4.78, 5) is 0. The average molecular weight is 186 g/mol. The van der Waals surface area contributed by atoms with Crippen LogP contribution in [0.15, 0.2) is 9.91 Å². The van der Waals surface area contributed by atoms with Crippen molar-refractivity contribution >= 4 is 22.6 Å². The Bertz CT molecular complexity index is 44.9. The molecule has 0 bridgehead atoms. The highest BCUT2D eigenvalue weighted by atomic mass is 127. The van der Waals surface area contributed by atoms with E-state index in [1.54, 1.807) is 29.5 Å². The van der Waals surface area contributed by atoms with Crippen molar-refractivity contribution in [2.75, 3.05) is 0 Å². The Balaban J connectivity index is 3.14. The van der Waals surface area contributed by atoms with Gasteiger partial charge in [-0.05, 0) is 35.6 Å². The summed E-state index contributed by atoms with van der Waals surface area (Å²) in [5.41, 5.74) is 0. The van der Waals surface area contributed by atoms with Crippen LogP contribution in [0.2, 0.25) is 0 Å². The topological polar surface area (TPSA) is 0 Å². The van der Waals surface area contributed by atoms with Crippen LogP contribution in [0.25, 0.3) is 0 Å². The quantitative estimate of drug-likeness (QED) is 0.509. The first-order valence-corrected chi connectivity index (χ1v) is 2.32. The molecule has 0 aromatic carbocycles. The molecule has 0 aromatic rings. The van der Waals surface area contributed by atoms with Crippen molar-refractivity contribution in [1.82, 2.24) is 0 Å². The molecular weight excluding hydrogens is 182 g/mol. The predicted molar refractivity (Wildman–Crippen MR) is 28.9 cm³/mol. The van der Waals surface area contributed by atoms with Gasteiger partial charge in [0, 0.05) is 0 Å². The molecule has 0 aliphatic carbocycles. The van der Waals surface area contributed by atoms with Crippen LogP contribution in [0.5, 0.6) is 0 Å². The summed E-state index contributed by atoms with van der Waals surface area (Å²) in [5.74, 6) is 0. The van der Waals surface area contributed by atoms with Gasteiger partial charge in [-0.2, -0.15) is 0 Å². The highest BCUT2D eigenvalue weighted by Gasteiger charge is 1.70. The number of halogens is 2. The van der Waals surface area contributed by atoms with Gasteiger partial charge in [0.25, 0.3) is 0 Å². The molecule has 30 valence electrons. The van der Waals surface area contributed by atoms with Gasteiger partial charge in [0.15, 0.2) is 3.83 Å². The molecule has 0 rings (SSSR count). The summed E-state index contributed by atoms with van der Waals surface area (Å²) in [6.45, 7) is 1.65. The lowest BCUT2D eigenvalue weighted by Gasteiger charge is -1.65. The fourth-order valence-electron chi connectivity index (χ4n) is 0. The molecule has 0 amide bonds. The SMILES string of the molecule is CC=C(F)I. The maximum atomic E-state index is 11.3. The molecule has 0 aromatic heterocycles. The lowest BCUT2D eigenvalue weighted by Crippen LogP contribution is -1.39. The van der Waals surface area contributed by atoms with Gasteiger partial charge in [0.05, 0.1) is 0 Å². The van der Waals surface area contributed by atoms with Crippen molar-refractivity contribution in [3.05, 3.63) is 9.91 Å². The first kappa shape index (κ1) is 5.40. The van der Waals surface area contributed by atoms with Crippen LogP contribution in [0.3, 0.4) is 0 Å². The van der Waals surface area contributed by atoms with E-state index in [0.29, 0.717) is 0 Å². The fraction of sp³-hybridized carbons (Fsp3) is 0.333. The van der Waals surface area contributed by atoms with Crippen LogP contribution in [-0.2, 0) is 0 Å². The summed E-state index contributed by atoms with van der Waals surface area (Å²) in [7, 11) is 0. The van der Waals surface area contributed by atoms with Crippen LogP contribution in [-0.4, -0.2) is 0 Å². The van der Waals surface area contributed by atoms with Gasteiger partial charge in [-0.25, -0.2) is 4.39 Å². The molecule has 0 aliphatic rings. The Labute approximate surface area is 44.2 Å². The van der Waals surface area contributed by atoms with E-state index in [-0.39, 0.29) is 3.83 Å². The zero-order chi connectivity index (χ0) is 4.28. The normalized spacial score (nSPS) is 12.2. The zero-order valence-corrected chi connectivity index (χ0v) is 4.99. The van der Waals surface area contributed by atoms with Crippen molar-refractivity contribution in [2.45, 2.75) is 6.92 Å².